The maximum atomic E-state index is 14.1. The Labute approximate surface area is 241 Å². The lowest BCUT2D eigenvalue weighted by Gasteiger charge is -2.43. The maximum Gasteiger partial charge on any atom is 0.408 e. The Hall–Kier alpha value is -3.96. The summed E-state index contributed by atoms with van der Waals surface area (Å²) in [6, 6.07) is 18.5. The third-order valence-electron chi connectivity index (χ3n) is 6.83. The van der Waals surface area contributed by atoms with Crippen molar-refractivity contribution in [1.29, 1.82) is 0 Å². The predicted molar refractivity (Wildman–Crippen MR) is 161 cm³/mol. The third-order valence-corrected chi connectivity index (χ3v) is 7.20. The average Bonchev–Trinajstić information content (AvgIpc) is 2.89. The number of benzene rings is 3. The molecule has 4 rings (SSSR count). The van der Waals surface area contributed by atoms with Crippen LogP contribution in [0.15, 0.2) is 66.7 Å². The molecule has 0 aliphatic heterocycles. The molecule has 7 nitrogen and oxygen atoms in total. The summed E-state index contributed by atoms with van der Waals surface area (Å²) < 4.78 is 5.38. The van der Waals surface area contributed by atoms with Crippen LogP contribution in [-0.2, 0) is 14.3 Å². The number of hydrogen-bond acceptors (Lipinski definition) is 5. The highest BCUT2D eigenvalue weighted by Gasteiger charge is 2.41. The smallest absolute Gasteiger partial charge is 0.408 e. The van der Waals surface area contributed by atoms with Crippen molar-refractivity contribution >= 4 is 47.0 Å². The lowest BCUT2D eigenvalue weighted by atomic mass is 9.88. The third kappa shape index (κ3) is 6.97. The Morgan fingerprint density at radius 2 is 1.73 bits per heavy atom. The fourth-order valence-electron chi connectivity index (χ4n) is 4.68. The molecule has 0 heterocycles. The van der Waals surface area contributed by atoms with Crippen molar-refractivity contribution in [2.24, 2.45) is 0 Å². The average molecular weight is 558 g/mol. The molecule has 1 aliphatic rings. The standard InChI is InChI=1S/C32H35N3O4S/c1-5-21-13-15-23(16-14-21)28(29(36)33-25-18-17-22-9-6-7-10-24(22)19-25)35(26-11-8-12-26)30(37)27(20-40)34-31(38)39-32(2,3)4/h1,6-7,9-10,13-19,26-28,40H,8,11-12,20H2,2-4H3,(H,33,36)(H,34,38). The highest BCUT2D eigenvalue weighted by molar-refractivity contribution is 7.80. The van der Waals surface area contributed by atoms with Gasteiger partial charge in [0.2, 0.25) is 5.91 Å². The first-order valence-electron chi connectivity index (χ1n) is 13.4. The topological polar surface area (TPSA) is 87.7 Å². The Morgan fingerprint density at radius 1 is 1.05 bits per heavy atom. The molecule has 1 aliphatic carbocycles. The summed E-state index contributed by atoms with van der Waals surface area (Å²) in [5.41, 5.74) is 1.17. The van der Waals surface area contributed by atoms with Crippen LogP contribution in [0.4, 0.5) is 10.5 Å². The van der Waals surface area contributed by atoms with E-state index in [0.29, 0.717) is 16.8 Å². The number of amides is 3. The molecule has 3 aromatic carbocycles. The van der Waals surface area contributed by atoms with Crippen molar-refractivity contribution in [3.8, 4) is 12.3 Å². The van der Waals surface area contributed by atoms with Crippen LogP contribution in [0.1, 0.15) is 57.2 Å². The molecule has 0 saturated heterocycles. The molecular weight excluding hydrogens is 522 g/mol. The molecule has 3 amide bonds. The first-order chi connectivity index (χ1) is 19.1. The zero-order chi connectivity index (χ0) is 28.9. The number of carbonyl (C=O) groups excluding carboxylic acids is 3. The summed E-state index contributed by atoms with van der Waals surface area (Å²) in [4.78, 5) is 42.3. The Morgan fingerprint density at radius 3 is 2.30 bits per heavy atom. The van der Waals surface area contributed by atoms with Crippen molar-refractivity contribution in [2.45, 2.75) is 63.8 Å². The van der Waals surface area contributed by atoms with E-state index in [-0.39, 0.29) is 17.7 Å². The van der Waals surface area contributed by atoms with Crippen molar-refractivity contribution in [1.82, 2.24) is 10.2 Å². The van der Waals surface area contributed by atoms with Crippen LogP contribution < -0.4 is 10.6 Å². The number of hydrogen-bond donors (Lipinski definition) is 3. The lowest BCUT2D eigenvalue weighted by molar-refractivity contribution is -0.145. The molecule has 2 unspecified atom stereocenters. The molecule has 208 valence electrons. The van der Waals surface area contributed by atoms with Gasteiger partial charge in [0.1, 0.15) is 17.7 Å². The van der Waals surface area contributed by atoms with E-state index in [1.54, 1.807) is 49.9 Å². The van der Waals surface area contributed by atoms with Crippen molar-refractivity contribution in [3.63, 3.8) is 0 Å². The Kier molecular flexibility index (Phi) is 9.06. The summed E-state index contributed by atoms with van der Waals surface area (Å²) in [5.74, 6) is 1.87. The second-order valence-electron chi connectivity index (χ2n) is 10.9. The molecule has 2 N–H and O–H groups in total. The fraction of sp³-hybridized carbons (Fsp3) is 0.344. The van der Waals surface area contributed by atoms with Gasteiger partial charge < -0.3 is 20.3 Å². The van der Waals surface area contributed by atoms with Gasteiger partial charge in [-0.1, -0.05) is 48.4 Å². The van der Waals surface area contributed by atoms with Crippen LogP contribution in [-0.4, -0.2) is 46.2 Å². The minimum atomic E-state index is -0.986. The van der Waals surface area contributed by atoms with E-state index in [9.17, 15) is 14.4 Å². The molecule has 2 atom stereocenters. The number of carbonyl (C=O) groups is 3. The summed E-state index contributed by atoms with van der Waals surface area (Å²) in [6.45, 7) is 5.24. The molecule has 1 saturated carbocycles. The Balaban J connectivity index is 1.69. The number of nitrogens with zero attached hydrogens (tertiary/aromatic N) is 1. The molecule has 0 radical (unpaired) electrons. The molecule has 0 bridgehead atoms. The highest BCUT2D eigenvalue weighted by atomic mass is 32.1. The summed E-state index contributed by atoms with van der Waals surface area (Å²) in [5, 5.41) is 7.72. The number of fused-ring (bicyclic) bond motifs is 1. The minimum Gasteiger partial charge on any atom is -0.444 e. The number of anilines is 1. The molecule has 3 aromatic rings. The SMILES string of the molecule is C#Cc1ccc(C(C(=O)Nc2ccc3ccccc3c2)N(C(=O)C(CS)NC(=O)OC(C)(C)C)C2CCC2)cc1. The van der Waals surface area contributed by atoms with Crippen molar-refractivity contribution < 1.29 is 19.1 Å². The van der Waals surface area contributed by atoms with Gasteiger partial charge in [-0.15, -0.1) is 6.42 Å². The van der Waals surface area contributed by atoms with E-state index in [1.807, 2.05) is 42.5 Å². The van der Waals surface area contributed by atoms with Gasteiger partial charge in [-0.2, -0.15) is 12.6 Å². The molecule has 1 fully saturated rings. The second-order valence-corrected chi connectivity index (χ2v) is 11.3. The van der Waals surface area contributed by atoms with E-state index in [0.717, 1.165) is 30.0 Å². The lowest BCUT2D eigenvalue weighted by Crippen LogP contribution is -2.57. The zero-order valence-electron chi connectivity index (χ0n) is 23.0. The van der Waals surface area contributed by atoms with Gasteiger partial charge in [0.15, 0.2) is 0 Å². The summed E-state index contributed by atoms with van der Waals surface area (Å²) in [7, 11) is 0. The molecule has 8 heteroatoms. The monoisotopic (exact) mass is 557 g/mol. The number of terminal acetylenes is 1. The predicted octanol–water partition coefficient (Wildman–Crippen LogP) is 5.71. The van der Waals surface area contributed by atoms with E-state index in [2.05, 4.69) is 29.2 Å². The number of thiol groups is 1. The largest absolute Gasteiger partial charge is 0.444 e. The number of rotatable bonds is 8. The quantitative estimate of drug-likeness (QED) is 0.245. The van der Waals surface area contributed by atoms with Crippen molar-refractivity contribution in [2.75, 3.05) is 11.1 Å². The van der Waals surface area contributed by atoms with Crippen LogP contribution in [0.5, 0.6) is 0 Å². The van der Waals surface area contributed by atoms with Gasteiger partial charge in [0.25, 0.3) is 5.91 Å². The molecule has 40 heavy (non-hydrogen) atoms. The second kappa shape index (κ2) is 12.5. The van der Waals surface area contributed by atoms with Crippen molar-refractivity contribution in [3.05, 3.63) is 77.9 Å². The van der Waals surface area contributed by atoms with Gasteiger partial charge in [0.05, 0.1) is 0 Å². The van der Waals surface area contributed by atoms with E-state index in [1.165, 1.54) is 0 Å². The van der Waals surface area contributed by atoms with E-state index in [4.69, 9.17) is 11.2 Å². The van der Waals surface area contributed by atoms with Crippen LogP contribution in [0, 0.1) is 12.3 Å². The van der Waals surface area contributed by atoms with Crippen LogP contribution in [0.25, 0.3) is 10.8 Å². The normalized spacial score (nSPS) is 14.8. The van der Waals surface area contributed by atoms with Crippen LogP contribution >= 0.6 is 12.6 Å². The zero-order valence-corrected chi connectivity index (χ0v) is 23.9. The number of nitrogens with one attached hydrogen (secondary N) is 2. The van der Waals surface area contributed by atoms with E-state index >= 15 is 0 Å². The van der Waals surface area contributed by atoms with Crippen LogP contribution in [0.2, 0.25) is 0 Å². The fourth-order valence-corrected chi connectivity index (χ4v) is 4.92. The van der Waals surface area contributed by atoms with Gasteiger partial charge in [-0.3, -0.25) is 9.59 Å². The first-order valence-corrected chi connectivity index (χ1v) is 14.0. The Bertz CT molecular complexity index is 1420. The molecule has 0 aromatic heterocycles. The van der Waals surface area contributed by atoms with Gasteiger partial charge in [-0.05, 0) is 80.6 Å². The summed E-state index contributed by atoms with van der Waals surface area (Å²) >= 11 is 4.36. The first kappa shape index (κ1) is 29.0. The van der Waals surface area contributed by atoms with Crippen LogP contribution in [0.3, 0.4) is 0 Å². The molecule has 0 spiro atoms. The summed E-state index contributed by atoms with van der Waals surface area (Å²) in [6.07, 6.45) is 7.28. The minimum absolute atomic E-state index is 0.0380. The molecular formula is C32H35N3O4S. The van der Waals surface area contributed by atoms with Gasteiger partial charge in [0, 0.05) is 23.0 Å². The maximum absolute atomic E-state index is 14.1. The van der Waals surface area contributed by atoms with E-state index < -0.39 is 29.7 Å². The number of ether oxygens (including phenoxy) is 1. The highest BCUT2D eigenvalue weighted by Crippen LogP contribution is 2.35. The van der Waals surface area contributed by atoms with Gasteiger partial charge >= 0.3 is 6.09 Å². The van der Waals surface area contributed by atoms with Gasteiger partial charge in [-0.25, -0.2) is 4.79 Å². The number of alkyl carbamates (subject to hydrolysis) is 1.